The summed E-state index contributed by atoms with van der Waals surface area (Å²) in [5.41, 5.74) is 3.16. The number of aliphatic carboxylic acids is 1. The smallest absolute Gasteiger partial charge is 0.407 e. The number of carbonyl (C=O) groups excluding carboxylic acids is 2. The number of halogens is 2. The van der Waals surface area contributed by atoms with Crippen molar-refractivity contribution in [3.8, 4) is 11.1 Å². The zero-order valence-electron chi connectivity index (χ0n) is 19.0. The zero-order chi connectivity index (χ0) is 24.8. The third kappa shape index (κ3) is 4.24. The molecule has 2 N–H and O–H groups in total. The van der Waals surface area contributed by atoms with Crippen molar-refractivity contribution >= 4 is 18.0 Å². The number of carboxylic acid groups (broad SMARTS) is 1. The lowest BCUT2D eigenvalue weighted by atomic mass is 9.92. The SMILES string of the molecule is O=C(O)CC(NC(=O)OCC1c2ccccc2-c2ccccc21)C(=O)N1CCC2(CC1)CC2(F)F. The van der Waals surface area contributed by atoms with Crippen LogP contribution in [0.4, 0.5) is 13.6 Å². The summed E-state index contributed by atoms with van der Waals surface area (Å²) in [7, 11) is 0. The minimum Gasteiger partial charge on any atom is -0.481 e. The molecule has 1 saturated carbocycles. The number of nitrogens with one attached hydrogen (secondary N) is 1. The van der Waals surface area contributed by atoms with E-state index >= 15 is 0 Å². The highest BCUT2D eigenvalue weighted by Gasteiger charge is 2.70. The Morgan fingerprint density at radius 1 is 1.03 bits per heavy atom. The Hall–Kier alpha value is -3.49. The van der Waals surface area contributed by atoms with Crippen LogP contribution in [0.25, 0.3) is 11.1 Å². The van der Waals surface area contributed by atoms with Gasteiger partial charge in [0.1, 0.15) is 12.6 Å². The summed E-state index contributed by atoms with van der Waals surface area (Å²) in [6.45, 7) is 0.239. The van der Waals surface area contributed by atoms with Crippen LogP contribution in [-0.4, -0.2) is 59.6 Å². The van der Waals surface area contributed by atoms with E-state index in [1.165, 1.54) is 4.90 Å². The third-order valence-electron chi connectivity index (χ3n) is 7.56. The summed E-state index contributed by atoms with van der Waals surface area (Å²) in [5, 5.41) is 11.7. The van der Waals surface area contributed by atoms with Gasteiger partial charge in [0, 0.05) is 30.8 Å². The topological polar surface area (TPSA) is 95.9 Å². The summed E-state index contributed by atoms with van der Waals surface area (Å²) < 4.78 is 32.7. The Balaban J connectivity index is 1.22. The highest BCUT2D eigenvalue weighted by molar-refractivity contribution is 5.89. The fourth-order valence-electron chi connectivity index (χ4n) is 5.46. The molecular formula is C26H26F2N2O5. The number of carboxylic acids is 1. The number of hydrogen-bond acceptors (Lipinski definition) is 4. The Kier molecular flexibility index (Phi) is 5.73. The predicted octanol–water partition coefficient (Wildman–Crippen LogP) is 4.02. The molecule has 9 heteroatoms. The maximum atomic E-state index is 13.6. The molecule has 0 radical (unpaired) electrons. The highest BCUT2D eigenvalue weighted by Crippen LogP contribution is 2.65. The Bertz CT molecular complexity index is 1130. The quantitative estimate of drug-likeness (QED) is 0.646. The van der Waals surface area contributed by atoms with Crippen LogP contribution in [0.5, 0.6) is 0 Å². The van der Waals surface area contributed by atoms with Gasteiger partial charge < -0.3 is 20.1 Å². The number of nitrogens with zero attached hydrogens (tertiary/aromatic N) is 1. The number of benzene rings is 2. The van der Waals surface area contributed by atoms with Crippen molar-refractivity contribution in [2.75, 3.05) is 19.7 Å². The van der Waals surface area contributed by atoms with Crippen LogP contribution in [0.3, 0.4) is 0 Å². The number of hydrogen-bond donors (Lipinski definition) is 2. The van der Waals surface area contributed by atoms with Gasteiger partial charge in [-0.3, -0.25) is 9.59 Å². The molecule has 1 unspecified atom stereocenters. The van der Waals surface area contributed by atoms with E-state index in [0.717, 1.165) is 22.3 Å². The number of rotatable bonds is 6. The van der Waals surface area contributed by atoms with Crippen LogP contribution in [0.15, 0.2) is 48.5 Å². The number of amides is 2. The molecule has 184 valence electrons. The molecule has 7 nitrogen and oxygen atoms in total. The van der Waals surface area contributed by atoms with Crippen molar-refractivity contribution in [2.24, 2.45) is 5.41 Å². The first kappa shape index (κ1) is 23.3. The minimum atomic E-state index is -2.69. The molecule has 35 heavy (non-hydrogen) atoms. The van der Waals surface area contributed by atoms with Gasteiger partial charge >= 0.3 is 12.1 Å². The zero-order valence-corrected chi connectivity index (χ0v) is 19.0. The number of likely N-dealkylation sites (tertiary alicyclic amines) is 1. The summed E-state index contributed by atoms with van der Waals surface area (Å²) in [6.07, 6.45) is -1.36. The Labute approximate surface area is 201 Å². The van der Waals surface area contributed by atoms with Crippen molar-refractivity contribution in [1.82, 2.24) is 10.2 Å². The average molecular weight is 484 g/mol. The van der Waals surface area contributed by atoms with E-state index in [1.807, 2.05) is 48.5 Å². The van der Waals surface area contributed by atoms with Crippen molar-refractivity contribution in [3.63, 3.8) is 0 Å². The molecule has 2 aliphatic carbocycles. The number of piperidine rings is 1. The first-order valence-corrected chi connectivity index (χ1v) is 11.7. The van der Waals surface area contributed by atoms with Gasteiger partial charge in [-0.05, 0) is 35.1 Å². The van der Waals surface area contributed by atoms with Crippen LogP contribution in [0.2, 0.25) is 0 Å². The van der Waals surface area contributed by atoms with E-state index in [1.54, 1.807) is 0 Å². The van der Waals surface area contributed by atoms with E-state index in [0.29, 0.717) is 0 Å². The molecule has 2 aromatic carbocycles. The fourth-order valence-corrected chi connectivity index (χ4v) is 5.46. The van der Waals surface area contributed by atoms with Gasteiger partial charge in [-0.1, -0.05) is 48.5 Å². The Morgan fingerprint density at radius 2 is 1.57 bits per heavy atom. The van der Waals surface area contributed by atoms with Crippen molar-refractivity contribution in [1.29, 1.82) is 0 Å². The Morgan fingerprint density at radius 3 is 2.09 bits per heavy atom. The van der Waals surface area contributed by atoms with Gasteiger partial charge in [-0.25, -0.2) is 13.6 Å². The van der Waals surface area contributed by atoms with E-state index in [-0.39, 0.29) is 44.9 Å². The number of alkyl halides is 2. The first-order chi connectivity index (χ1) is 16.7. The van der Waals surface area contributed by atoms with Crippen LogP contribution in [0, 0.1) is 5.41 Å². The maximum Gasteiger partial charge on any atom is 0.407 e. The van der Waals surface area contributed by atoms with Crippen LogP contribution in [-0.2, 0) is 14.3 Å². The second kappa shape index (κ2) is 8.62. The molecule has 1 heterocycles. The second-order valence-corrected chi connectivity index (χ2v) is 9.61. The van der Waals surface area contributed by atoms with E-state index < -0.39 is 41.8 Å². The molecule has 2 amide bonds. The molecule has 0 aromatic heterocycles. The minimum absolute atomic E-state index is 0.0230. The van der Waals surface area contributed by atoms with Crippen molar-refractivity contribution in [3.05, 3.63) is 59.7 Å². The molecule has 5 rings (SSSR count). The number of carbonyl (C=O) groups is 3. The molecule has 1 aliphatic heterocycles. The van der Waals surface area contributed by atoms with Gasteiger partial charge in [0.15, 0.2) is 0 Å². The molecule has 3 aliphatic rings. The lowest BCUT2D eigenvalue weighted by Gasteiger charge is -2.34. The normalized spacial score (nSPS) is 20.0. The molecule has 1 atom stereocenters. The van der Waals surface area contributed by atoms with Gasteiger partial charge in [0.2, 0.25) is 5.91 Å². The molecular weight excluding hydrogens is 458 g/mol. The summed E-state index contributed by atoms with van der Waals surface area (Å²) >= 11 is 0. The molecule has 0 bridgehead atoms. The van der Waals surface area contributed by atoms with E-state index in [4.69, 9.17) is 4.74 Å². The third-order valence-corrected chi connectivity index (χ3v) is 7.56. The maximum absolute atomic E-state index is 13.6. The lowest BCUT2D eigenvalue weighted by Crippen LogP contribution is -2.52. The summed E-state index contributed by atoms with van der Waals surface area (Å²) in [5.74, 6) is -4.73. The van der Waals surface area contributed by atoms with Gasteiger partial charge in [-0.2, -0.15) is 0 Å². The van der Waals surface area contributed by atoms with Crippen molar-refractivity contribution in [2.45, 2.75) is 43.6 Å². The second-order valence-electron chi connectivity index (χ2n) is 9.61. The summed E-state index contributed by atoms with van der Waals surface area (Å²) in [6, 6.07) is 14.4. The average Bonchev–Trinajstić information content (AvgIpc) is 3.21. The molecule has 2 fully saturated rings. The van der Waals surface area contributed by atoms with Crippen LogP contribution in [0.1, 0.15) is 42.7 Å². The largest absolute Gasteiger partial charge is 0.481 e. The van der Waals surface area contributed by atoms with E-state index in [2.05, 4.69) is 5.32 Å². The molecule has 1 spiro atoms. The number of alkyl carbamates (subject to hydrolysis) is 1. The molecule has 1 saturated heterocycles. The fraction of sp³-hybridized carbons (Fsp3) is 0.423. The number of ether oxygens (including phenoxy) is 1. The van der Waals surface area contributed by atoms with E-state index in [9.17, 15) is 28.3 Å². The van der Waals surface area contributed by atoms with Gasteiger partial charge in [-0.15, -0.1) is 0 Å². The van der Waals surface area contributed by atoms with Gasteiger partial charge in [0.25, 0.3) is 5.92 Å². The summed E-state index contributed by atoms with van der Waals surface area (Å²) in [4.78, 5) is 38.3. The first-order valence-electron chi connectivity index (χ1n) is 11.7. The lowest BCUT2D eigenvalue weighted by molar-refractivity contribution is -0.143. The van der Waals surface area contributed by atoms with Crippen molar-refractivity contribution < 1.29 is 33.0 Å². The van der Waals surface area contributed by atoms with Crippen LogP contribution < -0.4 is 5.32 Å². The predicted molar refractivity (Wildman–Crippen MR) is 122 cm³/mol. The standard InChI is InChI=1S/C26H26F2N2O5/c27-26(28)15-25(26)9-11-30(12-10-25)23(33)21(13-22(31)32)29-24(34)35-14-20-18-7-3-1-5-16(18)17-6-2-4-8-19(17)20/h1-8,20-21H,9-15H2,(H,29,34)(H,31,32). The van der Waals surface area contributed by atoms with Gasteiger partial charge in [0.05, 0.1) is 6.42 Å². The van der Waals surface area contributed by atoms with Crippen LogP contribution >= 0.6 is 0 Å². The molecule has 2 aromatic rings. The highest BCUT2D eigenvalue weighted by atomic mass is 19.3. The number of fused-ring (bicyclic) bond motifs is 3. The monoisotopic (exact) mass is 484 g/mol.